The van der Waals surface area contributed by atoms with Gasteiger partial charge in [0.05, 0.1) is 28.7 Å². The molecule has 3 aromatic rings. The van der Waals surface area contributed by atoms with Crippen molar-refractivity contribution in [2.45, 2.75) is 43.8 Å². The molecule has 0 spiro atoms. The van der Waals surface area contributed by atoms with Gasteiger partial charge >= 0.3 is 6.18 Å². The molecular weight excluding hydrogens is 509 g/mol. The first-order valence-electron chi connectivity index (χ1n) is 12.9. The van der Waals surface area contributed by atoms with Crippen molar-refractivity contribution in [3.63, 3.8) is 0 Å². The fraction of sp³-hybridized carbons (Fsp3) is 0.357. The number of halogens is 3. The minimum atomic E-state index is -4.68. The van der Waals surface area contributed by atoms with Crippen LogP contribution in [0.25, 0.3) is 5.69 Å². The van der Waals surface area contributed by atoms with Crippen LogP contribution < -0.4 is 5.73 Å². The summed E-state index contributed by atoms with van der Waals surface area (Å²) in [6.45, 7) is 4.48. The smallest absolute Gasteiger partial charge is 0.398 e. The maximum absolute atomic E-state index is 13.7. The van der Waals surface area contributed by atoms with Crippen molar-refractivity contribution in [1.82, 2.24) is 24.6 Å². The number of aromatic nitrogens is 3. The molecule has 11 heteroatoms. The molecule has 0 saturated heterocycles. The number of amides is 2. The lowest BCUT2D eigenvalue weighted by molar-refractivity contribution is -0.141. The Bertz CT molecular complexity index is 1480. The molecule has 6 rings (SSSR count). The second-order valence-electron chi connectivity index (χ2n) is 10.2. The third-order valence-corrected chi connectivity index (χ3v) is 7.80. The highest BCUT2D eigenvalue weighted by atomic mass is 19.4. The summed E-state index contributed by atoms with van der Waals surface area (Å²) >= 11 is 0. The van der Waals surface area contributed by atoms with Gasteiger partial charge in [0, 0.05) is 49.9 Å². The number of carbonyl (C=O) groups excluding carboxylic acids is 2. The quantitative estimate of drug-likeness (QED) is 0.508. The summed E-state index contributed by atoms with van der Waals surface area (Å²) in [6.07, 6.45) is 0.846. The van der Waals surface area contributed by atoms with Crippen LogP contribution in [-0.2, 0) is 23.8 Å². The number of rotatable bonds is 4. The fourth-order valence-corrected chi connectivity index (χ4v) is 5.64. The zero-order valence-corrected chi connectivity index (χ0v) is 21.1. The highest BCUT2D eigenvalue weighted by Crippen LogP contribution is 2.41. The first-order chi connectivity index (χ1) is 18.7. The monoisotopic (exact) mass is 536 g/mol. The van der Waals surface area contributed by atoms with Gasteiger partial charge in [-0.05, 0) is 48.6 Å². The minimum Gasteiger partial charge on any atom is -0.398 e. The molecule has 3 aliphatic rings. The van der Waals surface area contributed by atoms with Crippen LogP contribution in [0.5, 0.6) is 0 Å². The first kappa shape index (κ1) is 25.1. The number of nitrogens with two attached hydrogens (primary N) is 1. The van der Waals surface area contributed by atoms with Crippen LogP contribution in [0.15, 0.2) is 49.2 Å². The molecule has 0 bridgehead atoms. The zero-order valence-electron chi connectivity index (χ0n) is 21.1. The van der Waals surface area contributed by atoms with Crippen molar-refractivity contribution in [3.05, 3.63) is 83.0 Å². The average molecular weight is 537 g/mol. The van der Waals surface area contributed by atoms with Crippen LogP contribution in [0.2, 0.25) is 0 Å². The molecule has 1 aliphatic carbocycles. The molecule has 2 amide bonds. The molecular formula is C28H27F3N6O2. The van der Waals surface area contributed by atoms with E-state index in [9.17, 15) is 22.8 Å². The van der Waals surface area contributed by atoms with Crippen molar-refractivity contribution in [3.8, 4) is 5.69 Å². The van der Waals surface area contributed by atoms with Gasteiger partial charge in [0.2, 0.25) is 5.91 Å². The van der Waals surface area contributed by atoms with Gasteiger partial charge in [0.25, 0.3) is 5.91 Å². The van der Waals surface area contributed by atoms with Crippen LogP contribution in [0.3, 0.4) is 0 Å². The Labute approximate surface area is 222 Å². The van der Waals surface area contributed by atoms with Crippen molar-refractivity contribution in [2.75, 3.05) is 25.4 Å². The Morgan fingerprint density at radius 3 is 2.49 bits per heavy atom. The third-order valence-electron chi connectivity index (χ3n) is 7.80. The summed E-state index contributed by atoms with van der Waals surface area (Å²) in [5.74, 6) is -0.167. The van der Waals surface area contributed by atoms with Crippen molar-refractivity contribution in [1.29, 1.82) is 0 Å². The lowest BCUT2D eigenvalue weighted by Gasteiger charge is -2.38. The number of anilines is 1. The van der Waals surface area contributed by atoms with Crippen LogP contribution >= 0.6 is 0 Å². The lowest BCUT2D eigenvalue weighted by atomic mass is 9.94. The van der Waals surface area contributed by atoms with E-state index in [1.54, 1.807) is 9.80 Å². The van der Waals surface area contributed by atoms with Crippen molar-refractivity contribution in [2.24, 2.45) is 0 Å². The van der Waals surface area contributed by atoms with E-state index in [0.717, 1.165) is 28.8 Å². The minimum absolute atomic E-state index is 0.109. The highest BCUT2D eigenvalue weighted by Gasteiger charge is 2.41. The van der Waals surface area contributed by atoms with E-state index in [1.807, 2.05) is 4.68 Å². The molecule has 1 aromatic carbocycles. The molecule has 8 nitrogen and oxygen atoms in total. The molecule has 1 unspecified atom stereocenters. The number of benzene rings is 1. The first-order valence-corrected chi connectivity index (χ1v) is 12.9. The second-order valence-corrected chi connectivity index (χ2v) is 10.2. The number of hydrogen-bond donors (Lipinski definition) is 1. The molecule has 2 N–H and O–H groups in total. The molecule has 2 aromatic heterocycles. The maximum Gasteiger partial charge on any atom is 0.433 e. The summed E-state index contributed by atoms with van der Waals surface area (Å²) in [5.41, 5.74) is 9.21. The SMILES string of the molecule is C=CC(=O)N1CCc2nn(-c3ccc(C4CC4)cc3)c3c2C(C1)N(C(=O)c1cnc(C(F)(F)F)cc1N)CC3. The Morgan fingerprint density at radius 1 is 1.10 bits per heavy atom. The van der Waals surface area contributed by atoms with E-state index in [4.69, 9.17) is 10.8 Å². The predicted molar refractivity (Wildman–Crippen MR) is 137 cm³/mol. The summed E-state index contributed by atoms with van der Waals surface area (Å²) < 4.78 is 41.3. The Hall–Kier alpha value is -4.15. The molecule has 1 atom stereocenters. The molecule has 1 saturated carbocycles. The van der Waals surface area contributed by atoms with Gasteiger partial charge in [-0.3, -0.25) is 14.6 Å². The van der Waals surface area contributed by atoms with Gasteiger partial charge in [-0.1, -0.05) is 18.7 Å². The summed E-state index contributed by atoms with van der Waals surface area (Å²) in [7, 11) is 0. The number of hydrogen-bond acceptors (Lipinski definition) is 5. The Balaban J connectivity index is 1.39. The maximum atomic E-state index is 13.7. The number of nitrogen functional groups attached to an aromatic ring is 1. The molecule has 0 radical (unpaired) electrons. The molecule has 39 heavy (non-hydrogen) atoms. The van der Waals surface area contributed by atoms with E-state index in [1.165, 1.54) is 24.5 Å². The topological polar surface area (TPSA) is 97.4 Å². The molecule has 4 heterocycles. The number of nitrogens with zero attached hydrogens (tertiary/aromatic N) is 5. The summed E-state index contributed by atoms with van der Waals surface area (Å²) in [4.78, 5) is 33.0. The van der Waals surface area contributed by atoms with E-state index in [0.29, 0.717) is 31.4 Å². The standard InChI is InChI=1S/C28H27F3N6O2/c1-2-25(38)35-11-9-21-26-22(37(34-21)18-7-5-17(6-8-18)16-3-4-16)10-12-36(23(26)15-35)27(39)19-14-33-24(13-20(19)32)28(29,30)31/h2,5-8,13-14,16,23H,1,3-4,9-12,15H2,(H2,32,33). The predicted octanol–water partition coefficient (Wildman–Crippen LogP) is 4.06. The van der Waals surface area contributed by atoms with Gasteiger partial charge in [-0.2, -0.15) is 18.3 Å². The molecule has 2 aliphatic heterocycles. The molecule has 1 fully saturated rings. The Morgan fingerprint density at radius 2 is 1.85 bits per heavy atom. The van der Waals surface area contributed by atoms with E-state index in [-0.39, 0.29) is 30.2 Å². The summed E-state index contributed by atoms with van der Waals surface area (Å²) in [6, 6.07) is 8.51. The van der Waals surface area contributed by atoms with Gasteiger partial charge in [0.1, 0.15) is 5.69 Å². The third kappa shape index (κ3) is 4.45. The number of carbonyl (C=O) groups is 2. The normalized spacial score (nSPS) is 18.9. The average Bonchev–Trinajstić information content (AvgIpc) is 3.73. The van der Waals surface area contributed by atoms with Crippen LogP contribution in [0, 0.1) is 0 Å². The van der Waals surface area contributed by atoms with Crippen LogP contribution in [-0.4, -0.2) is 56.0 Å². The van der Waals surface area contributed by atoms with E-state index >= 15 is 0 Å². The van der Waals surface area contributed by atoms with Crippen molar-refractivity contribution >= 4 is 17.5 Å². The van der Waals surface area contributed by atoms with Gasteiger partial charge in [-0.25, -0.2) is 4.68 Å². The number of pyridine rings is 1. The largest absolute Gasteiger partial charge is 0.433 e. The van der Waals surface area contributed by atoms with Crippen LogP contribution in [0.4, 0.5) is 18.9 Å². The number of alkyl halides is 3. The second kappa shape index (κ2) is 9.25. The fourth-order valence-electron chi connectivity index (χ4n) is 5.64. The van der Waals surface area contributed by atoms with Gasteiger partial charge in [-0.15, -0.1) is 0 Å². The van der Waals surface area contributed by atoms with Crippen LogP contribution in [0.1, 0.15) is 63.4 Å². The lowest BCUT2D eigenvalue weighted by Crippen LogP contribution is -2.46. The van der Waals surface area contributed by atoms with E-state index in [2.05, 4.69) is 35.8 Å². The van der Waals surface area contributed by atoms with Crippen molar-refractivity contribution < 1.29 is 22.8 Å². The summed E-state index contributed by atoms with van der Waals surface area (Å²) in [5, 5.41) is 4.93. The highest BCUT2D eigenvalue weighted by molar-refractivity contribution is 5.99. The Kier molecular flexibility index (Phi) is 5.96. The van der Waals surface area contributed by atoms with Gasteiger partial charge in [0.15, 0.2) is 0 Å². The van der Waals surface area contributed by atoms with Gasteiger partial charge < -0.3 is 15.5 Å². The molecule has 202 valence electrons. The van der Waals surface area contributed by atoms with E-state index < -0.39 is 23.8 Å². The zero-order chi connectivity index (χ0) is 27.5.